The maximum absolute atomic E-state index is 6.54. The molecule has 0 saturated carbocycles. The Kier molecular flexibility index (Phi) is 2.96. The van der Waals surface area contributed by atoms with Crippen LogP contribution >= 0.6 is 11.6 Å². The summed E-state index contributed by atoms with van der Waals surface area (Å²) in [5.74, 6) is 0. The van der Waals surface area contributed by atoms with E-state index < -0.39 is 0 Å². The standard InChI is InChI=1S/C11H16ClN2/c1-13-7-9-14(10-8-13)11(12)5-3-2-4-6-11/h2-3,5H,6-10H2,1H3. The fourth-order valence-electron chi connectivity index (χ4n) is 1.92. The van der Waals surface area contributed by atoms with Crippen LogP contribution in [-0.2, 0) is 0 Å². The van der Waals surface area contributed by atoms with Crippen molar-refractivity contribution in [1.29, 1.82) is 0 Å². The van der Waals surface area contributed by atoms with Crippen molar-refractivity contribution in [3.63, 3.8) is 0 Å². The van der Waals surface area contributed by atoms with Gasteiger partial charge in [0.2, 0.25) is 0 Å². The van der Waals surface area contributed by atoms with Gasteiger partial charge in [-0.05, 0) is 19.2 Å². The molecular weight excluding hydrogens is 196 g/mol. The van der Waals surface area contributed by atoms with Gasteiger partial charge in [-0.3, -0.25) is 4.90 Å². The highest BCUT2D eigenvalue weighted by atomic mass is 35.5. The van der Waals surface area contributed by atoms with Gasteiger partial charge in [-0.25, -0.2) is 0 Å². The van der Waals surface area contributed by atoms with Crippen LogP contribution in [0.2, 0.25) is 0 Å². The highest BCUT2D eigenvalue weighted by Gasteiger charge is 2.33. The van der Waals surface area contributed by atoms with Crippen LogP contribution < -0.4 is 0 Å². The van der Waals surface area contributed by atoms with Crippen molar-refractivity contribution >= 4 is 11.6 Å². The van der Waals surface area contributed by atoms with Gasteiger partial charge in [-0.1, -0.05) is 23.8 Å². The molecule has 14 heavy (non-hydrogen) atoms. The van der Waals surface area contributed by atoms with Gasteiger partial charge in [0.15, 0.2) is 0 Å². The van der Waals surface area contributed by atoms with Crippen LogP contribution in [0, 0.1) is 6.08 Å². The number of likely N-dealkylation sites (N-methyl/N-ethyl adjacent to an activating group) is 1. The van der Waals surface area contributed by atoms with Gasteiger partial charge in [0.05, 0.1) is 0 Å². The highest BCUT2D eigenvalue weighted by molar-refractivity contribution is 6.25. The Morgan fingerprint density at radius 3 is 2.57 bits per heavy atom. The number of nitrogens with zero attached hydrogens (tertiary/aromatic N) is 2. The van der Waals surface area contributed by atoms with Crippen LogP contribution in [0.5, 0.6) is 0 Å². The zero-order chi connectivity index (χ0) is 10.0. The molecule has 1 radical (unpaired) electrons. The zero-order valence-corrected chi connectivity index (χ0v) is 9.30. The summed E-state index contributed by atoms with van der Waals surface area (Å²) in [6.45, 7) is 4.30. The van der Waals surface area contributed by atoms with Gasteiger partial charge in [0, 0.05) is 32.6 Å². The molecule has 1 unspecified atom stereocenters. The molecule has 0 bridgehead atoms. The maximum Gasteiger partial charge on any atom is 0.119 e. The molecule has 1 aliphatic carbocycles. The van der Waals surface area contributed by atoms with Gasteiger partial charge in [0.1, 0.15) is 5.00 Å². The Labute approximate surface area is 90.8 Å². The van der Waals surface area contributed by atoms with Gasteiger partial charge < -0.3 is 4.90 Å². The summed E-state index contributed by atoms with van der Waals surface area (Å²) in [6, 6.07) is 0. The molecule has 1 heterocycles. The van der Waals surface area contributed by atoms with Crippen LogP contribution in [0.25, 0.3) is 0 Å². The van der Waals surface area contributed by atoms with E-state index in [1.807, 2.05) is 12.2 Å². The molecular formula is C11H16ClN2. The number of hydrogen-bond donors (Lipinski definition) is 0. The fourth-order valence-corrected chi connectivity index (χ4v) is 2.24. The van der Waals surface area contributed by atoms with Crippen molar-refractivity contribution in [2.75, 3.05) is 33.2 Å². The summed E-state index contributed by atoms with van der Waals surface area (Å²) >= 11 is 6.54. The van der Waals surface area contributed by atoms with E-state index in [2.05, 4.69) is 29.0 Å². The van der Waals surface area contributed by atoms with Crippen molar-refractivity contribution in [2.24, 2.45) is 0 Å². The summed E-state index contributed by atoms with van der Waals surface area (Å²) in [7, 11) is 2.15. The predicted molar refractivity (Wildman–Crippen MR) is 59.2 cm³/mol. The van der Waals surface area contributed by atoms with E-state index in [4.69, 9.17) is 11.6 Å². The van der Waals surface area contributed by atoms with Crippen molar-refractivity contribution in [3.05, 3.63) is 24.3 Å². The van der Waals surface area contributed by atoms with Crippen LogP contribution in [0.15, 0.2) is 18.2 Å². The molecule has 0 aromatic rings. The van der Waals surface area contributed by atoms with Crippen molar-refractivity contribution < 1.29 is 0 Å². The minimum Gasteiger partial charge on any atom is -0.304 e. The van der Waals surface area contributed by atoms with E-state index in [-0.39, 0.29) is 5.00 Å². The molecule has 0 aromatic heterocycles. The topological polar surface area (TPSA) is 6.48 Å². The summed E-state index contributed by atoms with van der Waals surface area (Å²) in [5.41, 5.74) is 0. The Morgan fingerprint density at radius 1 is 1.29 bits per heavy atom. The lowest BCUT2D eigenvalue weighted by Gasteiger charge is -2.42. The van der Waals surface area contributed by atoms with E-state index in [1.165, 1.54) is 0 Å². The normalized spacial score (nSPS) is 35.0. The van der Waals surface area contributed by atoms with Crippen LogP contribution in [0.1, 0.15) is 6.42 Å². The average molecular weight is 212 g/mol. The summed E-state index contributed by atoms with van der Waals surface area (Å²) in [4.78, 5) is 4.36. The van der Waals surface area contributed by atoms with Crippen molar-refractivity contribution in [2.45, 2.75) is 11.4 Å². The third kappa shape index (κ3) is 2.02. The van der Waals surface area contributed by atoms with Crippen LogP contribution in [-0.4, -0.2) is 48.0 Å². The van der Waals surface area contributed by atoms with E-state index in [1.54, 1.807) is 0 Å². The van der Waals surface area contributed by atoms with E-state index in [9.17, 15) is 0 Å². The van der Waals surface area contributed by atoms with Gasteiger partial charge >= 0.3 is 0 Å². The monoisotopic (exact) mass is 211 g/mol. The number of halogens is 1. The minimum atomic E-state index is -0.310. The SMILES string of the molecule is CN1CCN(C2(Cl)C=CC=[C]C2)CC1. The van der Waals surface area contributed by atoms with E-state index in [0.29, 0.717) is 0 Å². The first kappa shape index (κ1) is 10.2. The maximum atomic E-state index is 6.54. The first-order valence-electron chi connectivity index (χ1n) is 5.08. The van der Waals surface area contributed by atoms with Gasteiger partial charge in [-0.15, -0.1) is 0 Å². The molecule has 0 amide bonds. The second-order valence-corrected chi connectivity index (χ2v) is 4.67. The van der Waals surface area contributed by atoms with Crippen LogP contribution in [0.3, 0.4) is 0 Å². The molecule has 1 saturated heterocycles. The minimum absolute atomic E-state index is 0.310. The number of allylic oxidation sites excluding steroid dienone is 2. The predicted octanol–water partition coefficient (Wildman–Crippen LogP) is 1.49. The Bertz CT molecular complexity index is 254. The number of rotatable bonds is 1. The summed E-state index contributed by atoms with van der Waals surface area (Å²) < 4.78 is 0. The lowest BCUT2D eigenvalue weighted by atomic mass is 10.1. The number of alkyl halides is 1. The molecule has 2 aliphatic rings. The second-order valence-electron chi connectivity index (χ2n) is 4.02. The zero-order valence-electron chi connectivity index (χ0n) is 8.54. The highest BCUT2D eigenvalue weighted by Crippen LogP contribution is 2.30. The lowest BCUT2D eigenvalue weighted by Crippen LogP contribution is -2.53. The third-order valence-electron chi connectivity index (χ3n) is 2.94. The quantitative estimate of drug-likeness (QED) is 0.479. The lowest BCUT2D eigenvalue weighted by molar-refractivity contribution is 0.111. The largest absolute Gasteiger partial charge is 0.304 e. The number of hydrogen-bond acceptors (Lipinski definition) is 2. The second kappa shape index (κ2) is 4.05. The molecule has 1 fully saturated rings. The van der Waals surface area contributed by atoms with Gasteiger partial charge in [0.25, 0.3) is 0 Å². The molecule has 3 heteroatoms. The first-order valence-corrected chi connectivity index (χ1v) is 5.45. The molecule has 0 N–H and O–H groups in total. The van der Waals surface area contributed by atoms with Crippen molar-refractivity contribution in [3.8, 4) is 0 Å². The summed E-state index contributed by atoms with van der Waals surface area (Å²) in [5, 5.41) is 0. The summed E-state index contributed by atoms with van der Waals surface area (Å²) in [6.07, 6.45) is 10.0. The molecule has 0 aromatic carbocycles. The smallest absolute Gasteiger partial charge is 0.119 e. The first-order chi connectivity index (χ1) is 6.71. The third-order valence-corrected chi connectivity index (χ3v) is 3.44. The molecule has 2 rings (SSSR count). The van der Waals surface area contributed by atoms with Crippen LogP contribution in [0.4, 0.5) is 0 Å². The number of piperazine rings is 1. The molecule has 2 nitrogen and oxygen atoms in total. The molecule has 1 atom stereocenters. The Hall–Kier alpha value is -0.310. The Balaban J connectivity index is 2.00. The molecule has 77 valence electrons. The Morgan fingerprint density at radius 2 is 2.00 bits per heavy atom. The average Bonchev–Trinajstić information content (AvgIpc) is 2.19. The molecule has 0 spiro atoms. The van der Waals surface area contributed by atoms with Gasteiger partial charge in [-0.2, -0.15) is 0 Å². The van der Waals surface area contributed by atoms with Crippen molar-refractivity contribution in [1.82, 2.24) is 9.80 Å². The fraction of sp³-hybridized carbons (Fsp3) is 0.636. The van der Waals surface area contributed by atoms with E-state index in [0.717, 1.165) is 32.6 Å². The molecule has 1 aliphatic heterocycles. The van der Waals surface area contributed by atoms with E-state index >= 15 is 0 Å².